The molecule has 0 saturated heterocycles. The van der Waals surface area contributed by atoms with Gasteiger partial charge in [-0.05, 0) is 75.4 Å². The van der Waals surface area contributed by atoms with E-state index in [-0.39, 0.29) is 0 Å². The predicted molar refractivity (Wildman–Crippen MR) is 132 cm³/mol. The number of fused-ring (bicyclic) bond motifs is 5. The third kappa shape index (κ3) is 3.91. The summed E-state index contributed by atoms with van der Waals surface area (Å²) in [5, 5.41) is 6.35. The molecule has 31 heavy (non-hydrogen) atoms. The van der Waals surface area contributed by atoms with Gasteiger partial charge in [0.2, 0.25) is 0 Å². The minimum Gasteiger partial charge on any atom is -0.269 e. The van der Waals surface area contributed by atoms with Crippen molar-refractivity contribution in [1.82, 2.24) is 0 Å². The SMILES string of the molecule is C1=Cc2ccccc2CC=N1.CC1=c2ccc3c(c2CCC1)CC(Cl)=c1ccccc1=3. The van der Waals surface area contributed by atoms with Gasteiger partial charge in [0.15, 0.2) is 0 Å². The Morgan fingerprint density at radius 3 is 2.45 bits per heavy atom. The van der Waals surface area contributed by atoms with Crippen LogP contribution in [0.4, 0.5) is 0 Å². The third-order valence-electron chi connectivity index (χ3n) is 6.52. The molecule has 2 aliphatic carbocycles. The zero-order valence-corrected chi connectivity index (χ0v) is 18.6. The lowest BCUT2D eigenvalue weighted by atomic mass is 9.86. The Kier molecular flexibility index (Phi) is 5.61. The van der Waals surface area contributed by atoms with Crippen molar-refractivity contribution in [3.8, 4) is 0 Å². The lowest BCUT2D eigenvalue weighted by Gasteiger charge is -2.19. The molecule has 0 amide bonds. The smallest absolute Gasteiger partial charge is 0.0303 e. The fourth-order valence-electron chi connectivity index (χ4n) is 4.92. The van der Waals surface area contributed by atoms with Gasteiger partial charge in [-0.1, -0.05) is 77.8 Å². The molecule has 2 heteroatoms. The minimum atomic E-state index is 0.893. The average Bonchev–Trinajstić information content (AvgIpc) is 3.06. The van der Waals surface area contributed by atoms with E-state index in [0.29, 0.717) is 0 Å². The molecule has 0 N–H and O–H groups in total. The summed E-state index contributed by atoms with van der Waals surface area (Å²) < 4.78 is 0. The van der Waals surface area contributed by atoms with Gasteiger partial charge in [-0.15, -0.1) is 0 Å². The van der Waals surface area contributed by atoms with Gasteiger partial charge < -0.3 is 0 Å². The van der Waals surface area contributed by atoms with Crippen LogP contribution in [0.15, 0.2) is 71.9 Å². The molecule has 1 aliphatic heterocycles. The van der Waals surface area contributed by atoms with Gasteiger partial charge in [-0.2, -0.15) is 0 Å². The number of nitrogens with zero attached hydrogens (tertiary/aromatic N) is 1. The van der Waals surface area contributed by atoms with Crippen LogP contribution >= 0.6 is 11.6 Å². The topological polar surface area (TPSA) is 12.4 Å². The highest BCUT2D eigenvalue weighted by Crippen LogP contribution is 2.24. The van der Waals surface area contributed by atoms with Crippen molar-refractivity contribution in [2.24, 2.45) is 4.99 Å². The standard InChI is InChI=1S/C19H17Cl.C10H9N/c1-12-5-4-8-14-13(12)9-10-16-15-6-2-3-7-17(15)19(20)11-18(14)16;1-2-4-10-6-8-11-7-5-9(10)3-1/h2-3,6-7,9-10H,4-5,8,11H2,1H3;1-5,7-8H,6H2. The molecule has 0 atom stereocenters. The molecular formula is C29H26ClN. The second-order valence-corrected chi connectivity index (χ2v) is 8.89. The number of benzene rings is 3. The van der Waals surface area contributed by atoms with E-state index in [1.807, 2.05) is 18.5 Å². The number of hydrogen-bond acceptors (Lipinski definition) is 1. The van der Waals surface area contributed by atoms with Crippen molar-refractivity contribution in [2.75, 3.05) is 0 Å². The maximum Gasteiger partial charge on any atom is 0.0303 e. The first-order valence-corrected chi connectivity index (χ1v) is 11.4. The first-order chi connectivity index (χ1) is 15.2. The predicted octanol–water partition coefficient (Wildman–Crippen LogP) is 5.67. The molecule has 1 nitrogen and oxygen atoms in total. The van der Waals surface area contributed by atoms with Crippen LogP contribution in [0.3, 0.4) is 0 Å². The highest BCUT2D eigenvalue weighted by molar-refractivity contribution is 6.45. The molecule has 3 aromatic carbocycles. The average molecular weight is 424 g/mol. The fourth-order valence-corrected chi connectivity index (χ4v) is 5.22. The molecule has 3 aliphatic rings. The van der Waals surface area contributed by atoms with Crippen LogP contribution in [0.5, 0.6) is 0 Å². The van der Waals surface area contributed by atoms with Crippen LogP contribution in [-0.2, 0) is 19.3 Å². The van der Waals surface area contributed by atoms with Crippen LogP contribution in [0.1, 0.15) is 42.0 Å². The van der Waals surface area contributed by atoms with Crippen LogP contribution in [-0.4, -0.2) is 6.21 Å². The summed E-state index contributed by atoms with van der Waals surface area (Å²) in [4.78, 5) is 4.08. The summed E-state index contributed by atoms with van der Waals surface area (Å²) in [6.45, 7) is 2.27. The first-order valence-electron chi connectivity index (χ1n) is 11.1. The first kappa shape index (κ1) is 20.0. The van der Waals surface area contributed by atoms with E-state index in [4.69, 9.17) is 11.6 Å². The Bertz CT molecular complexity index is 1430. The van der Waals surface area contributed by atoms with Crippen molar-refractivity contribution >= 4 is 34.5 Å². The maximum absolute atomic E-state index is 6.56. The highest BCUT2D eigenvalue weighted by Gasteiger charge is 2.16. The quantitative estimate of drug-likeness (QED) is 0.442. The molecule has 0 fully saturated rings. The highest BCUT2D eigenvalue weighted by atomic mass is 35.5. The van der Waals surface area contributed by atoms with Gasteiger partial charge in [-0.3, -0.25) is 4.99 Å². The molecule has 6 rings (SSSR count). The van der Waals surface area contributed by atoms with Crippen molar-refractivity contribution in [3.05, 3.63) is 110 Å². The minimum absolute atomic E-state index is 0.893. The molecule has 0 radical (unpaired) electrons. The Morgan fingerprint density at radius 1 is 0.774 bits per heavy atom. The molecule has 1 heterocycles. The Balaban J connectivity index is 0.000000157. The second-order valence-electron chi connectivity index (χ2n) is 8.43. The third-order valence-corrected chi connectivity index (χ3v) is 6.86. The fraction of sp³-hybridized carbons (Fsp3) is 0.207. The van der Waals surface area contributed by atoms with Crippen LogP contribution in [0, 0.1) is 10.4 Å². The number of aliphatic imine (C=N–C) groups is 1. The summed E-state index contributed by atoms with van der Waals surface area (Å²) in [6, 6.07) is 21.5. The normalized spacial score (nSPS) is 15.7. The summed E-state index contributed by atoms with van der Waals surface area (Å²) in [5.74, 6) is 0. The van der Waals surface area contributed by atoms with E-state index in [0.717, 1.165) is 17.9 Å². The van der Waals surface area contributed by atoms with Crippen LogP contribution < -0.4 is 10.4 Å². The molecule has 0 saturated carbocycles. The van der Waals surface area contributed by atoms with Gasteiger partial charge in [-0.25, -0.2) is 0 Å². The molecule has 3 aromatic rings. The molecule has 0 aromatic heterocycles. The van der Waals surface area contributed by atoms with E-state index < -0.39 is 0 Å². The number of hydrogen-bond donors (Lipinski definition) is 0. The summed E-state index contributed by atoms with van der Waals surface area (Å²) in [7, 11) is 0. The van der Waals surface area contributed by atoms with Crippen LogP contribution in [0.25, 0.3) is 16.7 Å². The zero-order chi connectivity index (χ0) is 21.2. The van der Waals surface area contributed by atoms with Gasteiger partial charge >= 0.3 is 0 Å². The summed E-state index contributed by atoms with van der Waals surface area (Å²) >= 11 is 6.56. The van der Waals surface area contributed by atoms with Crippen LogP contribution in [0.2, 0.25) is 0 Å². The summed E-state index contributed by atoms with van der Waals surface area (Å²) in [6.07, 6.45) is 11.4. The van der Waals surface area contributed by atoms with Gasteiger partial charge in [0.25, 0.3) is 0 Å². The van der Waals surface area contributed by atoms with Crippen molar-refractivity contribution < 1.29 is 0 Å². The van der Waals surface area contributed by atoms with Crippen molar-refractivity contribution in [3.63, 3.8) is 0 Å². The summed E-state index contributed by atoms with van der Waals surface area (Å²) in [5.41, 5.74) is 7.17. The molecular weight excluding hydrogens is 398 g/mol. The molecule has 154 valence electrons. The van der Waals surface area contributed by atoms with Crippen molar-refractivity contribution in [2.45, 2.75) is 39.0 Å². The Morgan fingerprint density at radius 2 is 1.55 bits per heavy atom. The molecule has 0 unspecified atom stereocenters. The lowest BCUT2D eigenvalue weighted by molar-refractivity contribution is 0.805. The van der Waals surface area contributed by atoms with E-state index in [9.17, 15) is 0 Å². The molecule has 0 bridgehead atoms. The van der Waals surface area contributed by atoms with E-state index in [2.05, 4.69) is 72.6 Å². The monoisotopic (exact) mass is 423 g/mol. The van der Waals surface area contributed by atoms with E-state index in [1.165, 1.54) is 62.4 Å². The van der Waals surface area contributed by atoms with Gasteiger partial charge in [0.1, 0.15) is 0 Å². The second kappa shape index (κ2) is 8.69. The van der Waals surface area contributed by atoms with E-state index in [1.54, 1.807) is 5.56 Å². The van der Waals surface area contributed by atoms with Gasteiger partial charge in [0.05, 0.1) is 0 Å². The molecule has 0 spiro atoms. The number of halogens is 1. The Hall–Kier alpha value is -2.90. The largest absolute Gasteiger partial charge is 0.269 e. The van der Waals surface area contributed by atoms with E-state index >= 15 is 0 Å². The Labute approximate surface area is 188 Å². The lowest BCUT2D eigenvalue weighted by Crippen LogP contribution is -2.22. The number of rotatable bonds is 0. The zero-order valence-electron chi connectivity index (χ0n) is 17.9. The maximum atomic E-state index is 6.56. The van der Waals surface area contributed by atoms with Crippen molar-refractivity contribution in [1.29, 1.82) is 0 Å². The van der Waals surface area contributed by atoms with Gasteiger partial charge in [0, 0.05) is 30.3 Å².